The largest absolute Gasteiger partial charge is 0.447 e. The Hall–Kier alpha value is -2.36. The first-order valence-electron chi connectivity index (χ1n) is 8.68. The Morgan fingerprint density at radius 1 is 0.929 bits per heavy atom. The van der Waals surface area contributed by atoms with Crippen molar-refractivity contribution in [1.82, 2.24) is 0 Å². The van der Waals surface area contributed by atoms with Gasteiger partial charge >= 0.3 is 6.09 Å². The highest BCUT2D eigenvalue weighted by atomic mass is 16.6. The second-order valence-corrected chi connectivity index (χ2v) is 6.34. The van der Waals surface area contributed by atoms with Crippen LogP contribution in [-0.4, -0.2) is 66.7 Å². The van der Waals surface area contributed by atoms with Crippen LogP contribution in [0.5, 0.6) is 0 Å². The van der Waals surface area contributed by atoms with Crippen LogP contribution in [0.3, 0.4) is 0 Å². The number of carbonyl (C=O) groups excluding carboxylic acids is 4. The lowest BCUT2D eigenvalue weighted by Crippen LogP contribution is -2.48. The molecule has 28 heavy (non-hydrogen) atoms. The molecule has 0 aliphatic rings. The molecule has 9 nitrogen and oxygen atoms in total. The molecule has 0 aromatic rings. The van der Waals surface area contributed by atoms with E-state index in [-0.39, 0.29) is 37.6 Å². The standard InChI is InChI=1S/C19H29NO8/c1-11(2)14(22)6-8-26-17(13(5)21)18(16(24)10-28-19(20)25)27-9-7-15(23)12(3)4/h16-18,24H,1,3,6-10H2,2,4-5H3,(H2,20,25)/t16-,17+,18+/m1/s1. The lowest BCUT2D eigenvalue weighted by molar-refractivity contribution is -0.157. The lowest BCUT2D eigenvalue weighted by atomic mass is 10.0. The summed E-state index contributed by atoms with van der Waals surface area (Å²) < 4.78 is 15.5. The third kappa shape index (κ3) is 10.1. The Kier molecular flexibility index (Phi) is 11.8. The summed E-state index contributed by atoms with van der Waals surface area (Å²) in [5.74, 6) is -0.949. The zero-order valence-electron chi connectivity index (χ0n) is 16.6. The van der Waals surface area contributed by atoms with Gasteiger partial charge in [0.15, 0.2) is 17.3 Å². The highest BCUT2D eigenvalue weighted by molar-refractivity contribution is 5.94. The average Bonchev–Trinajstić information content (AvgIpc) is 2.60. The van der Waals surface area contributed by atoms with Crippen LogP contribution in [0, 0.1) is 0 Å². The fourth-order valence-electron chi connectivity index (χ4n) is 2.10. The zero-order chi connectivity index (χ0) is 21.9. The van der Waals surface area contributed by atoms with E-state index < -0.39 is 36.8 Å². The quantitative estimate of drug-likeness (QED) is 0.386. The number of aliphatic hydroxyl groups is 1. The normalized spacial score (nSPS) is 13.9. The number of hydrogen-bond donors (Lipinski definition) is 2. The van der Waals surface area contributed by atoms with Gasteiger partial charge in [0.2, 0.25) is 0 Å². The number of Topliss-reactive ketones (excluding diaryl/α,β-unsaturated/α-hetero) is 3. The predicted octanol–water partition coefficient (Wildman–Crippen LogP) is 0.873. The van der Waals surface area contributed by atoms with E-state index in [0.717, 1.165) is 0 Å². The molecule has 0 saturated carbocycles. The van der Waals surface area contributed by atoms with Crippen molar-refractivity contribution < 1.29 is 38.5 Å². The van der Waals surface area contributed by atoms with E-state index in [0.29, 0.717) is 11.1 Å². The third-order valence-electron chi connectivity index (χ3n) is 3.69. The highest BCUT2D eigenvalue weighted by Gasteiger charge is 2.34. The number of carbonyl (C=O) groups is 4. The van der Waals surface area contributed by atoms with Crippen LogP contribution < -0.4 is 5.73 Å². The SMILES string of the molecule is C=C(C)C(=O)CCO[C@@H]([C@H](O)COC(N)=O)[C@@H](OCCC(=O)C(=C)C)C(C)=O. The summed E-state index contributed by atoms with van der Waals surface area (Å²) in [6.07, 6.45) is -5.07. The molecule has 0 spiro atoms. The summed E-state index contributed by atoms with van der Waals surface area (Å²) in [5, 5.41) is 10.3. The molecule has 0 bridgehead atoms. The molecule has 3 atom stereocenters. The van der Waals surface area contributed by atoms with Crippen molar-refractivity contribution in [2.75, 3.05) is 19.8 Å². The smallest absolute Gasteiger partial charge is 0.404 e. The van der Waals surface area contributed by atoms with Crippen molar-refractivity contribution in [2.24, 2.45) is 5.73 Å². The maximum Gasteiger partial charge on any atom is 0.404 e. The number of allylic oxidation sites excluding steroid dienone is 2. The van der Waals surface area contributed by atoms with Crippen molar-refractivity contribution in [1.29, 1.82) is 0 Å². The summed E-state index contributed by atoms with van der Waals surface area (Å²) in [7, 11) is 0. The lowest BCUT2D eigenvalue weighted by Gasteiger charge is -2.29. The van der Waals surface area contributed by atoms with E-state index in [1.54, 1.807) is 13.8 Å². The van der Waals surface area contributed by atoms with Gasteiger partial charge in [-0.1, -0.05) is 13.2 Å². The Bertz CT molecular complexity index is 613. The number of primary amides is 1. The van der Waals surface area contributed by atoms with Gasteiger partial charge < -0.3 is 25.1 Å². The average molecular weight is 399 g/mol. The van der Waals surface area contributed by atoms with Crippen LogP contribution in [0.4, 0.5) is 4.79 Å². The maximum absolute atomic E-state index is 12.0. The van der Waals surface area contributed by atoms with Gasteiger partial charge in [-0.2, -0.15) is 0 Å². The van der Waals surface area contributed by atoms with E-state index in [1.807, 2.05) is 0 Å². The number of rotatable bonds is 15. The topological polar surface area (TPSA) is 142 Å². The third-order valence-corrected chi connectivity index (χ3v) is 3.69. The van der Waals surface area contributed by atoms with Gasteiger partial charge in [0, 0.05) is 12.8 Å². The van der Waals surface area contributed by atoms with Crippen molar-refractivity contribution in [3.63, 3.8) is 0 Å². The number of hydrogen-bond acceptors (Lipinski definition) is 8. The molecule has 158 valence electrons. The Labute approximate surface area is 164 Å². The number of ketones is 3. The molecule has 0 heterocycles. The van der Waals surface area contributed by atoms with Crippen LogP contribution in [-0.2, 0) is 28.6 Å². The van der Waals surface area contributed by atoms with E-state index in [2.05, 4.69) is 17.9 Å². The van der Waals surface area contributed by atoms with Crippen LogP contribution in [0.25, 0.3) is 0 Å². The summed E-state index contributed by atoms with van der Waals surface area (Å²) >= 11 is 0. The van der Waals surface area contributed by atoms with Gasteiger partial charge in [-0.3, -0.25) is 14.4 Å². The van der Waals surface area contributed by atoms with Gasteiger partial charge in [-0.15, -0.1) is 0 Å². The molecule has 0 aliphatic heterocycles. The molecule has 0 radical (unpaired) electrons. The minimum absolute atomic E-state index is 0.00609. The molecular formula is C19H29NO8. The van der Waals surface area contributed by atoms with Gasteiger partial charge in [0.1, 0.15) is 24.9 Å². The summed E-state index contributed by atoms with van der Waals surface area (Å²) in [5.41, 5.74) is 5.57. The summed E-state index contributed by atoms with van der Waals surface area (Å²) in [6.45, 7) is 10.6. The molecule has 0 rings (SSSR count). The number of aliphatic hydroxyl groups excluding tert-OH is 1. The van der Waals surface area contributed by atoms with Gasteiger partial charge in [-0.05, 0) is 31.9 Å². The molecule has 0 unspecified atom stereocenters. The first-order chi connectivity index (χ1) is 13.0. The maximum atomic E-state index is 12.0. The Balaban J connectivity index is 5.13. The fraction of sp³-hybridized carbons (Fsp3) is 0.579. The van der Waals surface area contributed by atoms with Crippen LogP contribution >= 0.6 is 0 Å². The van der Waals surface area contributed by atoms with Crippen molar-refractivity contribution >= 4 is 23.4 Å². The number of ether oxygens (including phenoxy) is 3. The van der Waals surface area contributed by atoms with E-state index in [9.17, 15) is 24.3 Å². The minimum atomic E-state index is -1.45. The van der Waals surface area contributed by atoms with Crippen LogP contribution in [0.15, 0.2) is 24.3 Å². The first-order valence-corrected chi connectivity index (χ1v) is 8.68. The van der Waals surface area contributed by atoms with Crippen molar-refractivity contribution in [3.05, 3.63) is 24.3 Å². The molecule has 1 amide bonds. The van der Waals surface area contributed by atoms with Crippen LogP contribution in [0.2, 0.25) is 0 Å². The van der Waals surface area contributed by atoms with Gasteiger partial charge in [-0.25, -0.2) is 4.79 Å². The Morgan fingerprint density at radius 3 is 1.79 bits per heavy atom. The van der Waals surface area contributed by atoms with E-state index in [4.69, 9.17) is 15.2 Å². The Morgan fingerprint density at radius 2 is 1.39 bits per heavy atom. The van der Waals surface area contributed by atoms with Crippen molar-refractivity contribution in [2.45, 2.75) is 51.9 Å². The second-order valence-electron chi connectivity index (χ2n) is 6.34. The zero-order valence-corrected chi connectivity index (χ0v) is 16.6. The first kappa shape index (κ1) is 25.6. The predicted molar refractivity (Wildman–Crippen MR) is 101 cm³/mol. The number of amides is 1. The van der Waals surface area contributed by atoms with Gasteiger partial charge in [0.25, 0.3) is 0 Å². The number of nitrogens with two attached hydrogens (primary N) is 1. The van der Waals surface area contributed by atoms with E-state index in [1.165, 1.54) is 6.92 Å². The second kappa shape index (κ2) is 12.9. The molecule has 3 N–H and O–H groups in total. The monoisotopic (exact) mass is 399 g/mol. The van der Waals surface area contributed by atoms with E-state index >= 15 is 0 Å². The summed E-state index contributed by atoms with van der Waals surface area (Å²) in [6, 6.07) is 0. The molecule has 0 aromatic carbocycles. The minimum Gasteiger partial charge on any atom is -0.447 e. The molecule has 9 heteroatoms. The summed E-state index contributed by atoms with van der Waals surface area (Å²) in [4.78, 5) is 46.1. The molecule has 0 fully saturated rings. The van der Waals surface area contributed by atoms with Crippen molar-refractivity contribution in [3.8, 4) is 0 Å². The fourth-order valence-corrected chi connectivity index (χ4v) is 2.10. The van der Waals surface area contributed by atoms with Crippen LogP contribution in [0.1, 0.15) is 33.6 Å². The molecule has 0 aliphatic carbocycles. The highest BCUT2D eigenvalue weighted by Crippen LogP contribution is 2.14. The molecule has 0 saturated heterocycles. The van der Waals surface area contributed by atoms with Gasteiger partial charge in [0.05, 0.1) is 13.2 Å². The molecular weight excluding hydrogens is 370 g/mol. The molecule has 0 aromatic heterocycles.